The van der Waals surface area contributed by atoms with Gasteiger partial charge in [0, 0.05) is 31.6 Å². The predicted molar refractivity (Wildman–Crippen MR) is 160 cm³/mol. The van der Waals surface area contributed by atoms with Crippen LogP contribution in [0.3, 0.4) is 0 Å². The number of ether oxygens (including phenoxy) is 2. The van der Waals surface area contributed by atoms with Crippen molar-refractivity contribution >= 4 is 31.4 Å². The van der Waals surface area contributed by atoms with E-state index >= 15 is 0 Å². The van der Waals surface area contributed by atoms with E-state index < -0.39 is 112 Å². The first kappa shape index (κ1) is 38.0. The van der Waals surface area contributed by atoms with Gasteiger partial charge in [0.2, 0.25) is 5.91 Å². The lowest BCUT2D eigenvalue weighted by molar-refractivity contribution is -0.288. The van der Waals surface area contributed by atoms with Crippen molar-refractivity contribution in [3.63, 3.8) is 0 Å². The van der Waals surface area contributed by atoms with E-state index in [1.807, 2.05) is 0 Å². The highest BCUT2D eigenvalue weighted by Gasteiger charge is 2.59. The molecule has 2 aliphatic rings. The maximum absolute atomic E-state index is 13.0. The van der Waals surface area contributed by atoms with E-state index in [2.05, 4.69) is 15.6 Å². The number of aromatic nitrogens is 2. The lowest BCUT2D eigenvalue weighted by Crippen LogP contribution is -2.68. The van der Waals surface area contributed by atoms with Gasteiger partial charge < -0.3 is 61.4 Å². The standard InChI is InChI=1S/C27H36N5O16P/c1-12(33)30-18-14(34)9-27(25(40)41,47-22(18)19(36)15(35)10-29-23(39)13-5-3-2-4-6-13)48-49(43,44)45-11-16-20(37)21(38)24(46-16)32-8-7-17(28)31-26(32)42/h2-8,14-16,18-22,24,34-38H,9-11H2,1H3,(H,29,39)(H,30,33)(H,40,41)(H,43,44)(H2,28,31,42)/t14-,15+,16+,18+,19+,20+,21+,22+,24+,27+/m0/s1. The van der Waals surface area contributed by atoms with Crippen molar-refractivity contribution in [2.45, 2.75) is 74.1 Å². The van der Waals surface area contributed by atoms with Gasteiger partial charge in [0.05, 0.1) is 24.9 Å². The van der Waals surface area contributed by atoms with Crippen LogP contribution in [-0.4, -0.2) is 131 Å². The molecule has 2 amide bonds. The highest BCUT2D eigenvalue weighted by atomic mass is 31.2. The van der Waals surface area contributed by atoms with Gasteiger partial charge in [-0.2, -0.15) is 4.98 Å². The first-order valence-corrected chi connectivity index (χ1v) is 16.0. The molecular formula is C27H36N5O16P. The number of nitrogens with two attached hydrogens (primary N) is 1. The van der Waals surface area contributed by atoms with Gasteiger partial charge in [0.1, 0.15) is 36.3 Å². The maximum atomic E-state index is 13.0. The lowest BCUT2D eigenvalue weighted by Gasteiger charge is -2.46. The number of hydrogen-bond donors (Lipinski definition) is 10. The second kappa shape index (κ2) is 15.4. The number of benzene rings is 1. The molecule has 1 unspecified atom stereocenters. The van der Waals surface area contributed by atoms with Crippen LogP contribution in [0, 0.1) is 0 Å². The van der Waals surface area contributed by atoms with E-state index in [4.69, 9.17) is 24.3 Å². The van der Waals surface area contributed by atoms with E-state index in [0.717, 1.165) is 17.7 Å². The number of nitrogen functional groups attached to an aromatic ring is 1. The molecule has 0 bridgehead atoms. The topological polar surface area (TPSA) is 332 Å². The third-order valence-corrected chi connectivity index (χ3v) is 8.64. The van der Waals surface area contributed by atoms with Crippen molar-refractivity contribution in [3.8, 4) is 0 Å². The minimum Gasteiger partial charge on any atom is -0.477 e. The number of aliphatic hydroxyl groups is 5. The minimum absolute atomic E-state index is 0.141. The van der Waals surface area contributed by atoms with E-state index in [9.17, 15) is 59.3 Å². The van der Waals surface area contributed by atoms with Gasteiger partial charge in [0.15, 0.2) is 6.23 Å². The summed E-state index contributed by atoms with van der Waals surface area (Å²) in [6.07, 6.45) is -14.8. The summed E-state index contributed by atoms with van der Waals surface area (Å²) in [5, 5.41) is 68.1. The van der Waals surface area contributed by atoms with Gasteiger partial charge in [-0.05, 0) is 18.2 Å². The van der Waals surface area contributed by atoms with Gasteiger partial charge in [-0.3, -0.25) is 18.7 Å². The number of amides is 2. The molecule has 4 rings (SSSR count). The number of nitrogens with one attached hydrogen (secondary N) is 2. The van der Waals surface area contributed by atoms with Gasteiger partial charge in [0.25, 0.3) is 11.7 Å². The van der Waals surface area contributed by atoms with Gasteiger partial charge in [-0.15, -0.1) is 0 Å². The Labute approximate surface area is 276 Å². The number of hydrogen-bond acceptors (Lipinski definition) is 16. The number of phosphoric acid groups is 1. The van der Waals surface area contributed by atoms with Crippen molar-refractivity contribution < 1.29 is 73.0 Å². The molecule has 2 aromatic rings. The minimum atomic E-state index is -5.58. The summed E-state index contributed by atoms with van der Waals surface area (Å²) in [5.41, 5.74) is 4.70. The maximum Gasteiger partial charge on any atom is 0.475 e. The van der Waals surface area contributed by atoms with Crippen LogP contribution in [0.15, 0.2) is 47.4 Å². The Morgan fingerprint density at radius 1 is 1.16 bits per heavy atom. The number of nitrogens with zero attached hydrogens (tertiary/aromatic N) is 2. The molecule has 11 atom stereocenters. The van der Waals surface area contributed by atoms with Crippen molar-refractivity contribution in [1.82, 2.24) is 20.2 Å². The number of phosphoric ester groups is 1. The third kappa shape index (κ3) is 8.84. The molecular weight excluding hydrogens is 681 g/mol. The number of carboxylic acid groups (broad SMARTS) is 1. The molecule has 1 aromatic carbocycles. The van der Waals surface area contributed by atoms with Crippen LogP contribution in [0.25, 0.3) is 0 Å². The van der Waals surface area contributed by atoms with E-state index in [-0.39, 0.29) is 11.4 Å². The molecule has 22 heteroatoms. The van der Waals surface area contributed by atoms with Crippen molar-refractivity contribution in [1.29, 1.82) is 0 Å². The number of aliphatic carboxylic acids is 1. The van der Waals surface area contributed by atoms with Gasteiger partial charge >= 0.3 is 19.5 Å². The summed E-state index contributed by atoms with van der Waals surface area (Å²) in [7, 11) is -5.58. The molecule has 270 valence electrons. The fourth-order valence-electron chi connectivity index (χ4n) is 5.22. The molecule has 0 radical (unpaired) electrons. The number of carbonyl (C=O) groups excluding carboxylic acids is 2. The first-order chi connectivity index (χ1) is 22.9. The monoisotopic (exact) mass is 717 g/mol. The average Bonchev–Trinajstić information content (AvgIpc) is 3.32. The molecule has 11 N–H and O–H groups in total. The second-order valence-corrected chi connectivity index (χ2v) is 12.6. The SMILES string of the molecule is CC(=O)N[C@H]1[C@H]([C@H](O)[C@H](O)CNC(=O)c2ccccc2)O[C@](OP(=O)(O)OC[C@H]2O[C@@H](n3ccc(N)nc3=O)[C@H](O)[C@@H]2O)(C(=O)O)C[C@@H]1O. The van der Waals surface area contributed by atoms with Crippen LogP contribution in [-0.2, 0) is 32.7 Å². The van der Waals surface area contributed by atoms with Crippen LogP contribution >= 0.6 is 7.82 Å². The second-order valence-electron chi connectivity index (χ2n) is 11.2. The van der Waals surface area contributed by atoms with E-state index in [1.165, 1.54) is 18.2 Å². The Kier molecular flexibility index (Phi) is 11.9. The van der Waals surface area contributed by atoms with Crippen molar-refractivity contribution in [2.24, 2.45) is 0 Å². The Morgan fingerprint density at radius 2 is 1.84 bits per heavy atom. The third-order valence-electron chi connectivity index (χ3n) is 7.63. The fraction of sp³-hybridized carbons (Fsp3) is 0.519. The number of carbonyl (C=O) groups is 3. The summed E-state index contributed by atoms with van der Waals surface area (Å²) in [6, 6.07) is 7.36. The molecule has 49 heavy (non-hydrogen) atoms. The smallest absolute Gasteiger partial charge is 0.475 e. The first-order valence-electron chi connectivity index (χ1n) is 14.5. The summed E-state index contributed by atoms with van der Waals surface area (Å²) < 4.78 is 34.4. The molecule has 1 aromatic heterocycles. The Bertz CT molecular complexity index is 1610. The Hall–Kier alpha value is -3.86. The molecule has 0 aliphatic carbocycles. The zero-order valence-corrected chi connectivity index (χ0v) is 26.5. The van der Waals surface area contributed by atoms with Crippen molar-refractivity contribution in [2.75, 3.05) is 18.9 Å². The molecule has 2 aliphatic heterocycles. The van der Waals surface area contributed by atoms with Gasteiger partial charge in [-0.1, -0.05) is 18.2 Å². The highest BCUT2D eigenvalue weighted by Crippen LogP contribution is 2.51. The van der Waals surface area contributed by atoms with Crippen LogP contribution < -0.4 is 22.1 Å². The molecule has 2 fully saturated rings. The molecule has 0 spiro atoms. The molecule has 0 saturated carbocycles. The van der Waals surface area contributed by atoms with E-state index in [0.29, 0.717) is 0 Å². The van der Waals surface area contributed by atoms with Crippen LogP contribution in [0.5, 0.6) is 0 Å². The molecule has 21 nitrogen and oxygen atoms in total. The lowest BCUT2D eigenvalue weighted by atomic mass is 9.88. The van der Waals surface area contributed by atoms with E-state index in [1.54, 1.807) is 18.2 Å². The summed E-state index contributed by atoms with van der Waals surface area (Å²) >= 11 is 0. The Balaban J connectivity index is 1.49. The summed E-state index contributed by atoms with van der Waals surface area (Å²) in [6.45, 7) is -0.632. The number of rotatable bonds is 13. The quantitative estimate of drug-likeness (QED) is 0.0887. The zero-order valence-electron chi connectivity index (χ0n) is 25.6. The number of carboxylic acids is 1. The number of anilines is 1. The predicted octanol–water partition coefficient (Wildman–Crippen LogP) is -3.83. The van der Waals surface area contributed by atoms with Gasteiger partial charge in [-0.25, -0.2) is 18.7 Å². The molecule has 2 saturated heterocycles. The molecule has 3 heterocycles. The van der Waals surface area contributed by atoms with Crippen molar-refractivity contribution in [3.05, 3.63) is 58.6 Å². The van der Waals surface area contributed by atoms with Crippen LogP contribution in [0.4, 0.5) is 5.82 Å². The summed E-state index contributed by atoms with van der Waals surface area (Å²) in [5.74, 6) is -6.92. The van der Waals surface area contributed by atoms with Crippen LogP contribution in [0.1, 0.15) is 29.9 Å². The highest BCUT2D eigenvalue weighted by molar-refractivity contribution is 7.47. The average molecular weight is 718 g/mol. The fourth-order valence-corrected chi connectivity index (χ4v) is 6.17. The van der Waals surface area contributed by atoms with Crippen LogP contribution in [0.2, 0.25) is 0 Å². The normalized spacial score (nSPS) is 30.9. The zero-order chi connectivity index (χ0) is 36.3. The summed E-state index contributed by atoms with van der Waals surface area (Å²) in [4.78, 5) is 62.9. The number of aliphatic hydroxyl groups excluding tert-OH is 5. The largest absolute Gasteiger partial charge is 0.477 e. The Morgan fingerprint density at radius 3 is 2.45 bits per heavy atom.